The molecule has 0 spiro atoms. The van der Waals surface area contributed by atoms with Gasteiger partial charge in [-0.1, -0.05) is 35.3 Å². The molecule has 1 heterocycles. The number of amides is 2. The lowest BCUT2D eigenvalue weighted by atomic mass is 10.2. The molecule has 0 atom stereocenters. The van der Waals surface area contributed by atoms with Gasteiger partial charge in [0.2, 0.25) is 0 Å². The molecule has 1 aromatic heterocycles. The molecule has 0 aliphatic rings. The molecule has 0 aliphatic carbocycles. The Labute approximate surface area is 138 Å². The summed E-state index contributed by atoms with van der Waals surface area (Å²) in [6.07, 6.45) is 0. The standard InChI is InChI=1S/C13H8BrCl2N3O2/c14-9-4-2-1-3-8(9)13(21)19-18-12(20)7-5-10(15)17-11(16)6-7/h1-6H,(H,18,20)(H,19,21). The van der Waals surface area contributed by atoms with Crippen molar-refractivity contribution in [3.63, 3.8) is 0 Å². The van der Waals surface area contributed by atoms with Crippen molar-refractivity contribution in [2.75, 3.05) is 0 Å². The van der Waals surface area contributed by atoms with Gasteiger partial charge in [-0.2, -0.15) is 0 Å². The van der Waals surface area contributed by atoms with E-state index in [0.717, 1.165) is 0 Å². The van der Waals surface area contributed by atoms with E-state index >= 15 is 0 Å². The van der Waals surface area contributed by atoms with E-state index in [2.05, 4.69) is 31.8 Å². The molecule has 2 amide bonds. The van der Waals surface area contributed by atoms with Crippen LogP contribution < -0.4 is 10.9 Å². The zero-order valence-corrected chi connectivity index (χ0v) is 13.5. The summed E-state index contributed by atoms with van der Waals surface area (Å²) in [7, 11) is 0. The average molecular weight is 389 g/mol. The van der Waals surface area contributed by atoms with E-state index in [1.807, 2.05) is 0 Å². The maximum absolute atomic E-state index is 11.9. The van der Waals surface area contributed by atoms with Crippen LogP contribution in [0.15, 0.2) is 40.9 Å². The van der Waals surface area contributed by atoms with Crippen LogP contribution in [-0.2, 0) is 0 Å². The molecule has 0 aliphatic heterocycles. The van der Waals surface area contributed by atoms with Gasteiger partial charge < -0.3 is 0 Å². The molecule has 0 fully saturated rings. The van der Waals surface area contributed by atoms with E-state index in [4.69, 9.17) is 23.2 Å². The second-order valence-electron chi connectivity index (χ2n) is 3.89. The van der Waals surface area contributed by atoms with Crippen LogP contribution in [0.5, 0.6) is 0 Å². The van der Waals surface area contributed by atoms with Crippen molar-refractivity contribution >= 4 is 50.9 Å². The van der Waals surface area contributed by atoms with Gasteiger partial charge in [0.25, 0.3) is 11.8 Å². The summed E-state index contributed by atoms with van der Waals surface area (Å²) in [6, 6.07) is 9.51. The third-order valence-corrected chi connectivity index (χ3v) is 3.51. The number of rotatable bonds is 2. The normalized spacial score (nSPS) is 10.0. The molecule has 5 nitrogen and oxygen atoms in total. The minimum Gasteiger partial charge on any atom is -0.267 e. The lowest BCUT2D eigenvalue weighted by molar-refractivity contribution is 0.0846. The summed E-state index contributed by atoms with van der Waals surface area (Å²) in [6.45, 7) is 0. The fourth-order valence-corrected chi connectivity index (χ4v) is 2.42. The van der Waals surface area contributed by atoms with E-state index in [1.54, 1.807) is 24.3 Å². The van der Waals surface area contributed by atoms with Gasteiger partial charge in [0.15, 0.2) is 0 Å². The summed E-state index contributed by atoms with van der Waals surface area (Å²) < 4.78 is 0.617. The molecule has 1 aromatic carbocycles. The molecule has 8 heteroatoms. The van der Waals surface area contributed by atoms with Gasteiger partial charge in [-0.25, -0.2) is 4.98 Å². The molecule has 0 saturated heterocycles. The van der Waals surface area contributed by atoms with Gasteiger partial charge in [-0.05, 0) is 40.2 Å². The van der Waals surface area contributed by atoms with Crippen LogP contribution in [-0.4, -0.2) is 16.8 Å². The summed E-state index contributed by atoms with van der Waals surface area (Å²) in [4.78, 5) is 27.5. The molecule has 2 aromatic rings. The van der Waals surface area contributed by atoms with Crippen LogP contribution in [0.25, 0.3) is 0 Å². The number of nitrogens with one attached hydrogen (secondary N) is 2. The summed E-state index contributed by atoms with van der Waals surface area (Å²) in [5.41, 5.74) is 5.16. The third-order valence-electron chi connectivity index (χ3n) is 2.43. The first kappa shape index (κ1) is 15.8. The zero-order valence-electron chi connectivity index (χ0n) is 10.4. The fraction of sp³-hybridized carbons (Fsp3) is 0. The van der Waals surface area contributed by atoms with Crippen LogP contribution in [0.1, 0.15) is 20.7 Å². The Hall–Kier alpha value is -1.63. The minimum absolute atomic E-state index is 0.0878. The molecule has 21 heavy (non-hydrogen) atoms. The first-order valence-corrected chi connectivity index (χ1v) is 7.20. The molecule has 2 rings (SSSR count). The highest BCUT2D eigenvalue weighted by molar-refractivity contribution is 9.10. The molecular formula is C13H8BrCl2N3O2. The van der Waals surface area contributed by atoms with Crippen molar-refractivity contribution in [1.29, 1.82) is 0 Å². The first-order valence-electron chi connectivity index (χ1n) is 5.65. The molecule has 0 saturated carbocycles. The Bertz CT molecular complexity index is 689. The number of aromatic nitrogens is 1. The van der Waals surface area contributed by atoms with Crippen molar-refractivity contribution < 1.29 is 9.59 Å². The number of hydrogen-bond donors (Lipinski definition) is 2. The maximum Gasteiger partial charge on any atom is 0.270 e. The summed E-state index contributed by atoms with van der Waals surface area (Å²) >= 11 is 14.7. The number of carbonyl (C=O) groups is 2. The van der Waals surface area contributed by atoms with Crippen molar-refractivity contribution in [2.45, 2.75) is 0 Å². The number of carbonyl (C=O) groups excluding carboxylic acids is 2. The predicted octanol–water partition coefficient (Wildman–Crippen LogP) is 3.23. The number of hydrazine groups is 1. The van der Waals surface area contributed by atoms with E-state index < -0.39 is 11.8 Å². The van der Waals surface area contributed by atoms with Gasteiger partial charge in [0.1, 0.15) is 10.3 Å². The lowest BCUT2D eigenvalue weighted by Gasteiger charge is -2.08. The van der Waals surface area contributed by atoms with Gasteiger partial charge in [0, 0.05) is 10.0 Å². The molecular weight excluding hydrogens is 381 g/mol. The van der Waals surface area contributed by atoms with Gasteiger partial charge in [-0.15, -0.1) is 0 Å². The smallest absolute Gasteiger partial charge is 0.267 e. The Morgan fingerprint density at radius 3 is 2.19 bits per heavy atom. The van der Waals surface area contributed by atoms with Crippen molar-refractivity contribution in [3.8, 4) is 0 Å². The SMILES string of the molecule is O=C(NNC(=O)c1ccccc1Br)c1cc(Cl)nc(Cl)c1. The maximum atomic E-state index is 11.9. The number of nitrogens with zero attached hydrogens (tertiary/aromatic N) is 1. The molecule has 0 radical (unpaired) electrons. The minimum atomic E-state index is -0.554. The summed E-state index contributed by atoms with van der Waals surface area (Å²) in [5.74, 6) is -1.01. The van der Waals surface area contributed by atoms with E-state index in [0.29, 0.717) is 10.0 Å². The number of benzene rings is 1. The van der Waals surface area contributed by atoms with Crippen LogP contribution in [0.4, 0.5) is 0 Å². The fourth-order valence-electron chi connectivity index (χ4n) is 1.49. The number of pyridine rings is 1. The molecule has 2 N–H and O–H groups in total. The lowest BCUT2D eigenvalue weighted by Crippen LogP contribution is -2.41. The second-order valence-corrected chi connectivity index (χ2v) is 5.52. The van der Waals surface area contributed by atoms with Gasteiger partial charge in [0.05, 0.1) is 5.56 Å². The van der Waals surface area contributed by atoms with Gasteiger partial charge >= 0.3 is 0 Å². The molecule has 0 bridgehead atoms. The molecule has 0 unspecified atom stereocenters. The largest absolute Gasteiger partial charge is 0.270 e. The van der Waals surface area contributed by atoms with E-state index in [-0.39, 0.29) is 15.9 Å². The van der Waals surface area contributed by atoms with Crippen molar-refractivity contribution in [1.82, 2.24) is 15.8 Å². The van der Waals surface area contributed by atoms with E-state index in [9.17, 15) is 9.59 Å². The Morgan fingerprint density at radius 2 is 1.57 bits per heavy atom. The molecule has 108 valence electrons. The van der Waals surface area contributed by atoms with Crippen LogP contribution in [0.2, 0.25) is 10.3 Å². The average Bonchev–Trinajstić information content (AvgIpc) is 2.43. The summed E-state index contributed by atoms with van der Waals surface area (Å²) in [5, 5.41) is 0.176. The Morgan fingerprint density at radius 1 is 1.00 bits per heavy atom. The highest BCUT2D eigenvalue weighted by atomic mass is 79.9. The Kier molecular flexibility index (Phi) is 5.17. The van der Waals surface area contributed by atoms with Crippen LogP contribution in [0, 0.1) is 0 Å². The predicted molar refractivity (Wildman–Crippen MR) is 83.3 cm³/mol. The highest BCUT2D eigenvalue weighted by Gasteiger charge is 2.12. The topological polar surface area (TPSA) is 71.1 Å². The third kappa shape index (κ3) is 4.17. The van der Waals surface area contributed by atoms with Crippen molar-refractivity contribution in [3.05, 3.63) is 62.3 Å². The number of hydrogen-bond acceptors (Lipinski definition) is 3. The second kappa shape index (κ2) is 6.89. The first-order chi connectivity index (χ1) is 9.97. The van der Waals surface area contributed by atoms with Crippen LogP contribution in [0.3, 0.4) is 0 Å². The zero-order chi connectivity index (χ0) is 15.4. The van der Waals surface area contributed by atoms with Gasteiger partial charge in [-0.3, -0.25) is 20.4 Å². The number of halogens is 3. The van der Waals surface area contributed by atoms with Crippen molar-refractivity contribution in [2.24, 2.45) is 0 Å². The Balaban J connectivity index is 2.04. The van der Waals surface area contributed by atoms with Crippen LogP contribution >= 0.6 is 39.1 Å². The quantitative estimate of drug-likeness (QED) is 0.612. The highest BCUT2D eigenvalue weighted by Crippen LogP contribution is 2.16. The van der Waals surface area contributed by atoms with E-state index in [1.165, 1.54) is 12.1 Å². The monoisotopic (exact) mass is 387 g/mol.